The van der Waals surface area contributed by atoms with Gasteiger partial charge in [0, 0.05) is 7.05 Å². The quantitative estimate of drug-likeness (QED) is 0.403. The van der Waals surface area contributed by atoms with Crippen LogP contribution in [0.4, 0.5) is 0 Å². The fourth-order valence-corrected chi connectivity index (χ4v) is 3.91. The summed E-state index contributed by atoms with van der Waals surface area (Å²) in [5.41, 5.74) is 3.25. The Kier molecular flexibility index (Phi) is 6.19. The van der Waals surface area contributed by atoms with Gasteiger partial charge in [-0.1, -0.05) is 42.2 Å². The summed E-state index contributed by atoms with van der Waals surface area (Å²) in [6, 6.07) is 13.8. The van der Waals surface area contributed by atoms with E-state index >= 15 is 0 Å². The largest absolute Gasteiger partial charge is 0.490 e. The van der Waals surface area contributed by atoms with Gasteiger partial charge in [-0.15, -0.1) is 0 Å². The third-order valence-corrected chi connectivity index (χ3v) is 5.44. The number of carbonyl (C=O) groups excluding carboxylic acids is 1. The van der Waals surface area contributed by atoms with Crippen molar-refractivity contribution in [1.82, 2.24) is 4.90 Å². The van der Waals surface area contributed by atoms with E-state index in [1.807, 2.05) is 56.3 Å². The van der Waals surface area contributed by atoms with Gasteiger partial charge in [0.05, 0.1) is 4.91 Å². The fourth-order valence-electron chi connectivity index (χ4n) is 2.73. The molecule has 0 radical (unpaired) electrons. The van der Waals surface area contributed by atoms with E-state index in [-0.39, 0.29) is 5.91 Å². The maximum Gasteiger partial charge on any atom is 0.265 e. The Bertz CT molecular complexity index is 888. The minimum atomic E-state index is -0.0711. The monoisotopic (exact) mass is 399 g/mol. The molecule has 2 aromatic carbocycles. The number of hydrogen-bond donors (Lipinski definition) is 0. The molecule has 0 saturated carbocycles. The highest BCUT2D eigenvalue weighted by Gasteiger charge is 2.28. The van der Waals surface area contributed by atoms with Gasteiger partial charge < -0.3 is 9.47 Å². The maximum atomic E-state index is 12.1. The van der Waals surface area contributed by atoms with E-state index in [0.717, 1.165) is 17.1 Å². The molecule has 0 atom stereocenters. The van der Waals surface area contributed by atoms with Crippen molar-refractivity contribution in [3.63, 3.8) is 0 Å². The molecule has 1 heterocycles. The number of hydrogen-bond acceptors (Lipinski definition) is 5. The van der Waals surface area contributed by atoms with Gasteiger partial charge in [-0.3, -0.25) is 9.69 Å². The molecule has 4 nitrogen and oxygen atoms in total. The smallest absolute Gasteiger partial charge is 0.265 e. The molecule has 0 N–H and O–H groups in total. The fraction of sp³-hybridized carbons (Fsp3) is 0.238. The summed E-state index contributed by atoms with van der Waals surface area (Å²) >= 11 is 6.47. The van der Waals surface area contributed by atoms with Crippen molar-refractivity contribution in [3.05, 3.63) is 64.1 Å². The molecule has 0 unspecified atom stereocenters. The SMILES string of the molecule is Cc1cc(C)cc(OCCOc2cccc(C=C3SC(=S)N(C)C3=O)c2)c1. The number of likely N-dealkylation sites (N-methyl/N-ethyl adjacent to an activating group) is 1. The van der Waals surface area contributed by atoms with Crippen LogP contribution in [0.15, 0.2) is 47.4 Å². The molecule has 2 aromatic rings. The Morgan fingerprint density at radius 1 is 1.04 bits per heavy atom. The molecule has 6 heteroatoms. The molecule has 3 rings (SSSR count). The molecule has 1 amide bonds. The average Bonchev–Trinajstić information content (AvgIpc) is 2.85. The van der Waals surface area contributed by atoms with Crippen LogP contribution in [0, 0.1) is 13.8 Å². The van der Waals surface area contributed by atoms with Crippen LogP contribution in [0.5, 0.6) is 11.5 Å². The van der Waals surface area contributed by atoms with Gasteiger partial charge >= 0.3 is 0 Å². The molecular formula is C21H21NO3S2. The van der Waals surface area contributed by atoms with E-state index in [0.29, 0.717) is 22.4 Å². The van der Waals surface area contributed by atoms with Crippen LogP contribution in [0.25, 0.3) is 6.08 Å². The van der Waals surface area contributed by atoms with E-state index in [4.69, 9.17) is 21.7 Å². The molecular weight excluding hydrogens is 378 g/mol. The van der Waals surface area contributed by atoms with E-state index in [9.17, 15) is 4.79 Å². The summed E-state index contributed by atoms with van der Waals surface area (Å²) in [4.78, 5) is 14.2. The first-order valence-electron chi connectivity index (χ1n) is 8.58. The van der Waals surface area contributed by atoms with Crippen LogP contribution in [-0.4, -0.2) is 35.4 Å². The highest BCUT2D eigenvalue weighted by atomic mass is 32.2. The lowest BCUT2D eigenvalue weighted by Crippen LogP contribution is -2.22. The van der Waals surface area contributed by atoms with Gasteiger partial charge in [0.25, 0.3) is 5.91 Å². The highest BCUT2D eigenvalue weighted by molar-refractivity contribution is 8.26. The van der Waals surface area contributed by atoms with Crippen LogP contribution in [0.3, 0.4) is 0 Å². The van der Waals surface area contributed by atoms with Crippen molar-refractivity contribution in [3.8, 4) is 11.5 Å². The van der Waals surface area contributed by atoms with Crippen molar-refractivity contribution in [1.29, 1.82) is 0 Å². The van der Waals surface area contributed by atoms with E-state index in [1.54, 1.807) is 7.05 Å². The molecule has 0 aromatic heterocycles. The number of thioether (sulfide) groups is 1. The summed E-state index contributed by atoms with van der Waals surface area (Å²) in [6.45, 7) is 5.00. The normalized spacial score (nSPS) is 15.5. The highest BCUT2D eigenvalue weighted by Crippen LogP contribution is 2.31. The Hall–Kier alpha value is -2.31. The third kappa shape index (κ3) is 5.11. The van der Waals surface area contributed by atoms with E-state index in [1.165, 1.54) is 27.8 Å². The second kappa shape index (κ2) is 8.59. The zero-order chi connectivity index (χ0) is 19.4. The molecule has 0 spiro atoms. The van der Waals surface area contributed by atoms with E-state index in [2.05, 4.69) is 6.07 Å². The maximum absolute atomic E-state index is 12.1. The Labute approximate surface area is 169 Å². The molecule has 1 fully saturated rings. The lowest BCUT2D eigenvalue weighted by Gasteiger charge is -2.10. The summed E-state index contributed by atoms with van der Waals surface area (Å²) < 4.78 is 12.1. The number of nitrogens with zero attached hydrogens (tertiary/aromatic N) is 1. The van der Waals surface area contributed by atoms with Gasteiger partial charge in [0.1, 0.15) is 29.0 Å². The van der Waals surface area contributed by atoms with Crippen LogP contribution < -0.4 is 9.47 Å². The number of ether oxygens (including phenoxy) is 2. The summed E-state index contributed by atoms with van der Waals surface area (Å²) in [5.74, 6) is 1.52. The predicted octanol–water partition coefficient (Wildman–Crippen LogP) is 4.59. The average molecular weight is 400 g/mol. The number of amides is 1. The van der Waals surface area contributed by atoms with Crippen LogP contribution in [-0.2, 0) is 4.79 Å². The van der Waals surface area contributed by atoms with Gasteiger partial charge in [-0.05, 0) is 60.9 Å². The van der Waals surface area contributed by atoms with Gasteiger partial charge in [0.15, 0.2) is 0 Å². The summed E-state index contributed by atoms with van der Waals surface area (Å²) in [6.07, 6.45) is 1.84. The molecule has 140 valence electrons. The number of benzene rings is 2. The summed E-state index contributed by atoms with van der Waals surface area (Å²) in [5, 5.41) is 0. The van der Waals surface area contributed by atoms with Crippen LogP contribution >= 0.6 is 24.0 Å². The first-order chi connectivity index (χ1) is 12.9. The Morgan fingerprint density at radius 3 is 2.33 bits per heavy atom. The molecule has 27 heavy (non-hydrogen) atoms. The molecule has 0 bridgehead atoms. The van der Waals surface area contributed by atoms with E-state index < -0.39 is 0 Å². The van der Waals surface area contributed by atoms with Gasteiger partial charge in [0.2, 0.25) is 0 Å². The topological polar surface area (TPSA) is 38.8 Å². The summed E-state index contributed by atoms with van der Waals surface area (Å²) in [7, 11) is 1.69. The first-order valence-corrected chi connectivity index (χ1v) is 9.80. The second-order valence-electron chi connectivity index (χ2n) is 6.33. The molecule has 1 aliphatic heterocycles. The molecule has 1 aliphatic rings. The van der Waals surface area contributed by atoms with Crippen molar-refractivity contribution in [2.75, 3.05) is 20.3 Å². The van der Waals surface area contributed by atoms with Gasteiger partial charge in [-0.25, -0.2) is 0 Å². The number of aryl methyl sites for hydroxylation is 2. The lowest BCUT2D eigenvalue weighted by molar-refractivity contribution is -0.121. The van der Waals surface area contributed by atoms with Gasteiger partial charge in [-0.2, -0.15) is 0 Å². The number of thiocarbonyl (C=S) groups is 1. The Morgan fingerprint density at radius 2 is 1.70 bits per heavy atom. The zero-order valence-corrected chi connectivity index (χ0v) is 17.2. The third-order valence-electron chi connectivity index (χ3n) is 3.96. The minimum absolute atomic E-state index is 0.0711. The Balaban J connectivity index is 1.57. The van der Waals surface area contributed by atoms with Crippen molar-refractivity contribution in [2.24, 2.45) is 0 Å². The van der Waals surface area contributed by atoms with Crippen molar-refractivity contribution in [2.45, 2.75) is 13.8 Å². The lowest BCUT2D eigenvalue weighted by atomic mass is 10.1. The first kappa shape index (κ1) is 19.5. The van der Waals surface area contributed by atoms with Crippen LogP contribution in [0.2, 0.25) is 0 Å². The number of carbonyl (C=O) groups is 1. The molecule has 1 saturated heterocycles. The zero-order valence-electron chi connectivity index (χ0n) is 15.5. The molecule has 0 aliphatic carbocycles. The number of rotatable bonds is 6. The second-order valence-corrected chi connectivity index (χ2v) is 8.01. The van der Waals surface area contributed by atoms with Crippen LogP contribution in [0.1, 0.15) is 16.7 Å². The minimum Gasteiger partial charge on any atom is -0.490 e. The van der Waals surface area contributed by atoms with Crippen molar-refractivity contribution < 1.29 is 14.3 Å². The van der Waals surface area contributed by atoms with Crippen molar-refractivity contribution >= 4 is 40.3 Å². The standard InChI is InChI=1S/C21H21NO3S2/c1-14-9-15(2)11-18(10-14)25-8-7-24-17-6-4-5-16(12-17)13-19-20(23)22(3)21(26)27-19/h4-6,9-13H,7-8H2,1-3H3. The predicted molar refractivity (Wildman–Crippen MR) is 114 cm³/mol.